The molecule has 124 valence electrons. The SMILES string of the molecule is Oc1ccccc1C1=NCCN1C(c1ccccc1)c1ccccc1. The van der Waals surface area contributed by atoms with Crippen LogP contribution >= 0.6 is 0 Å². The molecule has 0 radical (unpaired) electrons. The Hall–Kier alpha value is -3.07. The zero-order chi connectivity index (χ0) is 17.1. The number of phenolic OH excluding ortho intramolecular Hbond substituents is 1. The summed E-state index contributed by atoms with van der Waals surface area (Å²) in [6, 6.07) is 28.4. The molecule has 3 aromatic carbocycles. The standard InChI is InChI=1S/C22H20N2O/c25-20-14-8-7-13-19(20)22-23-15-16-24(22)21(17-9-3-1-4-10-17)18-11-5-2-6-12-18/h1-14,21,25H,15-16H2. The molecule has 0 saturated heterocycles. The van der Waals surface area contributed by atoms with Gasteiger partial charge in [-0.3, -0.25) is 4.99 Å². The first-order valence-electron chi connectivity index (χ1n) is 8.54. The second kappa shape index (κ2) is 6.81. The van der Waals surface area contributed by atoms with Crippen LogP contribution in [-0.4, -0.2) is 28.9 Å². The van der Waals surface area contributed by atoms with E-state index in [0.717, 1.165) is 24.5 Å². The molecule has 3 heteroatoms. The number of benzene rings is 3. The van der Waals surface area contributed by atoms with Crippen molar-refractivity contribution in [1.29, 1.82) is 0 Å². The zero-order valence-electron chi connectivity index (χ0n) is 13.9. The maximum absolute atomic E-state index is 10.3. The minimum atomic E-state index is 0.0725. The summed E-state index contributed by atoms with van der Waals surface area (Å²) in [6.07, 6.45) is 0. The van der Waals surface area contributed by atoms with E-state index in [0.29, 0.717) is 0 Å². The van der Waals surface area contributed by atoms with Gasteiger partial charge < -0.3 is 10.0 Å². The zero-order valence-corrected chi connectivity index (χ0v) is 13.9. The monoisotopic (exact) mass is 328 g/mol. The minimum Gasteiger partial charge on any atom is -0.507 e. The lowest BCUT2D eigenvalue weighted by Crippen LogP contribution is -2.33. The predicted octanol–water partition coefficient (Wildman–Crippen LogP) is 4.24. The van der Waals surface area contributed by atoms with Crippen LogP contribution in [0, 0.1) is 0 Å². The Morgan fingerprint density at radius 1 is 0.760 bits per heavy atom. The van der Waals surface area contributed by atoms with E-state index in [1.54, 1.807) is 6.07 Å². The Balaban J connectivity index is 1.80. The molecule has 0 unspecified atom stereocenters. The molecule has 1 heterocycles. The Morgan fingerprint density at radius 3 is 1.92 bits per heavy atom. The summed E-state index contributed by atoms with van der Waals surface area (Å²) in [5.41, 5.74) is 3.23. The Kier molecular flexibility index (Phi) is 4.21. The third-order valence-corrected chi connectivity index (χ3v) is 4.56. The van der Waals surface area contributed by atoms with Crippen LogP contribution in [0.3, 0.4) is 0 Å². The second-order valence-corrected chi connectivity index (χ2v) is 6.14. The molecule has 25 heavy (non-hydrogen) atoms. The molecule has 1 N–H and O–H groups in total. The maximum Gasteiger partial charge on any atom is 0.135 e. The molecule has 1 aliphatic heterocycles. The summed E-state index contributed by atoms with van der Waals surface area (Å²) < 4.78 is 0. The van der Waals surface area contributed by atoms with Gasteiger partial charge in [0, 0.05) is 6.54 Å². The molecule has 0 aliphatic carbocycles. The van der Waals surface area contributed by atoms with E-state index in [1.807, 2.05) is 30.3 Å². The third kappa shape index (κ3) is 3.01. The second-order valence-electron chi connectivity index (χ2n) is 6.14. The van der Waals surface area contributed by atoms with Crippen LogP contribution < -0.4 is 0 Å². The van der Waals surface area contributed by atoms with Gasteiger partial charge in [-0.15, -0.1) is 0 Å². The van der Waals surface area contributed by atoms with Crippen LogP contribution in [0.2, 0.25) is 0 Å². The molecule has 0 aromatic heterocycles. The predicted molar refractivity (Wildman–Crippen MR) is 101 cm³/mol. The van der Waals surface area contributed by atoms with Crippen molar-refractivity contribution in [3.8, 4) is 5.75 Å². The fraction of sp³-hybridized carbons (Fsp3) is 0.136. The molecule has 0 bridgehead atoms. The van der Waals surface area contributed by atoms with Gasteiger partial charge in [0.05, 0.1) is 18.2 Å². The van der Waals surface area contributed by atoms with Crippen LogP contribution in [0.1, 0.15) is 22.7 Å². The van der Waals surface area contributed by atoms with Gasteiger partial charge in [-0.25, -0.2) is 0 Å². The van der Waals surface area contributed by atoms with Crippen LogP contribution in [-0.2, 0) is 0 Å². The van der Waals surface area contributed by atoms with Crippen molar-refractivity contribution in [3.63, 3.8) is 0 Å². The van der Waals surface area contributed by atoms with Gasteiger partial charge in [0.25, 0.3) is 0 Å². The lowest BCUT2D eigenvalue weighted by atomic mass is 9.96. The van der Waals surface area contributed by atoms with Crippen molar-refractivity contribution in [3.05, 3.63) is 102 Å². The van der Waals surface area contributed by atoms with E-state index in [4.69, 9.17) is 4.99 Å². The summed E-state index contributed by atoms with van der Waals surface area (Å²) in [5.74, 6) is 1.13. The highest BCUT2D eigenvalue weighted by molar-refractivity contribution is 6.02. The number of para-hydroxylation sites is 1. The summed E-state index contributed by atoms with van der Waals surface area (Å²) in [6.45, 7) is 1.57. The molecule has 0 atom stereocenters. The highest BCUT2D eigenvalue weighted by Gasteiger charge is 2.29. The lowest BCUT2D eigenvalue weighted by molar-refractivity contribution is 0.387. The first-order chi connectivity index (χ1) is 12.3. The van der Waals surface area contributed by atoms with Crippen molar-refractivity contribution in [2.45, 2.75) is 6.04 Å². The number of nitrogens with zero attached hydrogens (tertiary/aromatic N) is 2. The Morgan fingerprint density at radius 2 is 1.32 bits per heavy atom. The fourth-order valence-electron chi connectivity index (χ4n) is 3.44. The molecular weight excluding hydrogens is 308 g/mol. The number of aliphatic imine (C=N–C) groups is 1. The normalized spacial score (nSPS) is 14.0. The van der Waals surface area contributed by atoms with Gasteiger partial charge in [-0.1, -0.05) is 72.8 Å². The lowest BCUT2D eigenvalue weighted by Gasteiger charge is -2.32. The van der Waals surface area contributed by atoms with Crippen molar-refractivity contribution in [2.75, 3.05) is 13.1 Å². The third-order valence-electron chi connectivity index (χ3n) is 4.56. The van der Waals surface area contributed by atoms with Gasteiger partial charge in [0.2, 0.25) is 0 Å². The van der Waals surface area contributed by atoms with Gasteiger partial charge >= 0.3 is 0 Å². The number of phenols is 1. The van der Waals surface area contributed by atoms with Crippen molar-refractivity contribution >= 4 is 5.84 Å². The fourth-order valence-corrected chi connectivity index (χ4v) is 3.44. The van der Waals surface area contributed by atoms with Gasteiger partial charge in [0.1, 0.15) is 11.6 Å². The molecule has 0 saturated carbocycles. The quantitative estimate of drug-likeness (QED) is 0.777. The largest absolute Gasteiger partial charge is 0.507 e. The molecule has 1 aliphatic rings. The average Bonchev–Trinajstić information content (AvgIpc) is 3.13. The van der Waals surface area contributed by atoms with E-state index in [-0.39, 0.29) is 11.8 Å². The van der Waals surface area contributed by atoms with Crippen molar-refractivity contribution in [2.24, 2.45) is 4.99 Å². The van der Waals surface area contributed by atoms with Crippen LogP contribution in [0.25, 0.3) is 0 Å². The van der Waals surface area contributed by atoms with Crippen LogP contribution in [0.15, 0.2) is 89.9 Å². The van der Waals surface area contributed by atoms with Gasteiger partial charge in [0.15, 0.2) is 0 Å². The first kappa shape index (κ1) is 15.5. The number of amidine groups is 1. The van der Waals surface area contributed by atoms with E-state index in [2.05, 4.69) is 53.4 Å². The van der Waals surface area contributed by atoms with Crippen molar-refractivity contribution < 1.29 is 5.11 Å². The van der Waals surface area contributed by atoms with Crippen LogP contribution in [0.4, 0.5) is 0 Å². The molecule has 3 nitrogen and oxygen atoms in total. The topological polar surface area (TPSA) is 35.8 Å². The minimum absolute atomic E-state index is 0.0725. The molecule has 0 amide bonds. The maximum atomic E-state index is 10.3. The molecular formula is C22H20N2O. The molecule has 4 rings (SSSR count). The number of rotatable bonds is 4. The summed E-state index contributed by atoms with van der Waals surface area (Å²) >= 11 is 0. The van der Waals surface area contributed by atoms with Gasteiger partial charge in [-0.2, -0.15) is 0 Å². The summed E-state index contributed by atoms with van der Waals surface area (Å²) in [5, 5.41) is 10.3. The number of hydrogen-bond acceptors (Lipinski definition) is 3. The smallest absolute Gasteiger partial charge is 0.135 e. The van der Waals surface area contributed by atoms with E-state index in [9.17, 15) is 5.11 Å². The van der Waals surface area contributed by atoms with E-state index >= 15 is 0 Å². The number of hydrogen-bond donors (Lipinski definition) is 1. The number of aromatic hydroxyl groups is 1. The highest BCUT2D eigenvalue weighted by atomic mass is 16.3. The molecule has 0 spiro atoms. The van der Waals surface area contributed by atoms with Gasteiger partial charge in [-0.05, 0) is 23.3 Å². The van der Waals surface area contributed by atoms with E-state index in [1.165, 1.54) is 11.1 Å². The first-order valence-corrected chi connectivity index (χ1v) is 8.54. The van der Waals surface area contributed by atoms with Crippen LogP contribution in [0.5, 0.6) is 5.75 Å². The summed E-state index contributed by atoms with van der Waals surface area (Å²) in [4.78, 5) is 6.99. The Labute approximate surface area is 147 Å². The highest BCUT2D eigenvalue weighted by Crippen LogP contribution is 2.33. The van der Waals surface area contributed by atoms with E-state index < -0.39 is 0 Å². The molecule has 3 aromatic rings. The average molecular weight is 328 g/mol. The summed E-state index contributed by atoms with van der Waals surface area (Å²) in [7, 11) is 0. The Bertz CT molecular complexity index is 835. The molecule has 0 fully saturated rings. The van der Waals surface area contributed by atoms with Crippen molar-refractivity contribution in [1.82, 2.24) is 4.90 Å².